The molecule has 4 aromatic rings. The maximum Gasteiger partial charge on any atom is 0.337 e. The van der Waals surface area contributed by atoms with Gasteiger partial charge in [-0.2, -0.15) is 0 Å². The van der Waals surface area contributed by atoms with Crippen molar-refractivity contribution >= 4 is 22.6 Å². The van der Waals surface area contributed by atoms with Crippen LogP contribution in [0, 0.1) is 13.8 Å². The minimum absolute atomic E-state index is 0.226. The van der Waals surface area contributed by atoms with Crippen molar-refractivity contribution in [2.75, 3.05) is 12.4 Å². The van der Waals surface area contributed by atoms with Gasteiger partial charge in [0.25, 0.3) is 5.56 Å². The predicted octanol–water partition coefficient (Wildman–Crippen LogP) is 3.37. The van der Waals surface area contributed by atoms with E-state index in [0.717, 1.165) is 16.6 Å². The Morgan fingerprint density at radius 3 is 2.56 bits per heavy atom. The van der Waals surface area contributed by atoms with Crippen LogP contribution in [0.25, 0.3) is 16.7 Å². The number of ether oxygens (including phenoxy) is 1. The first-order chi connectivity index (χ1) is 16.3. The van der Waals surface area contributed by atoms with Crippen molar-refractivity contribution in [3.05, 3.63) is 92.3 Å². The van der Waals surface area contributed by atoms with Crippen molar-refractivity contribution in [3.8, 4) is 11.4 Å². The molecule has 0 aliphatic carbocycles. The first-order valence-corrected chi connectivity index (χ1v) is 11.0. The average Bonchev–Trinajstić information content (AvgIpc) is 2.81. The van der Waals surface area contributed by atoms with Gasteiger partial charge in [-0.25, -0.2) is 18.9 Å². The molecule has 0 saturated carbocycles. The second-order valence-corrected chi connectivity index (χ2v) is 8.06. The number of carbonyl (C=O) groups excluding carboxylic acids is 1. The molecule has 0 saturated heterocycles. The van der Waals surface area contributed by atoms with E-state index in [2.05, 4.69) is 10.3 Å². The highest BCUT2D eigenvalue weighted by Crippen LogP contribution is 2.24. The van der Waals surface area contributed by atoms with Crippen LogP contribution < -0.4 is 21.3 Å². The van der Waals surface area contributed by atoms with Gasteiger partial charge in [0.05, 0.1) is 18.2 Å². The summed E-state index contributed by atoms with van der Waals surface area (Å²) in [4.78, 5) is 44.4. The fourth-order valence-electron chi connectivity index (χ4n) is 4.06. The zero-order valence-electron chi connectivity index (χ0n) is 19.6. The summed E-state index contributed by atoms with van der Waals surface area (Å²) in [7, 11) is 1.50. The highest BCUT2D eigenvalue weighted by molar-refractivity contribution is 5.91. The van der Waals surface area contributed by atoms with E-state index in [4.69, 9.17) is 4.74 Å². The van der Waals surface area contributed by atoms with Crippen LogP contribution in [0.1, 0.15) is 23.7 Å². The minimum Gasteiger partial charge on any atom is -0.495 e. The van der Waals surface area contributed by atoms with Gasteiger partial charge in [0, 0.05) is 11.4 Å². The lowest BCUT2D eigenvalue weighted by Gasteiger charge is -2.17. The maximum absolute atomic E-state index is 13.6. The molecule has 0 spiro atoms. The number of para-hydroxylation sites is 2. The Morgan fingerprint density at radius 2 is 1.82 bits per heavy atom. The molecule has 4 rings (SSSR count). The fourth-order valence-corrected chi connectivity index (χ4v) is 4.06. The Balaban J connectivity index is 1.90. The number of nitrogens with one attached hydrogen (secondary N) is 1. The van der Waals surface area contributed by atoms with Crippen molar-refractivity contribution in [1.29, 1.82) is 0 Å². The normalized spacial score (nSPS) is 10.9. The van der Waals surface area contributed by atoms with Gasteiger partial charge < -0.3 is 10.1 Å². The number of aromatic nitrogens is 3. The second kappa shape index (κ2) is 9.35. The summed E-state index contributed by atoms with van der Waals surface area (Å²) in [6, 6.07) is 16.2. The summed E-state index contributed by atoms with van der Waals surface area (Å²) < 4.78 is 7.74. The fraction of sp³-hybridized carbons (Fsp3) is 0.231. The third kappa shape index (κ3) is 4.22. The first kappa shape index (κ1) is 23.0. The van der Waals surface area contributed by atoms with Crippen LogP contribution >= 0.6 is 0 Å². The molecule has 34 heavy (non-hydrogen) atoms. The van der Waals surface area contributed by atoms with E-state index < -0.39 is 23.7 Å². The molecular formula is C26H26N4O4. The number of methoxy groups -OCH3 is 1. The van der Waals surface area contributed by atoms with Gasteiger partial charge in [0.15, 0.2) is 5.65 Å². The van der Waals surface area contributed by atoms with Crippen LogP contribution in [0.4, 0.5) is 5.69 Å². The molecule has 1 amide bonds. The third-order valence-electron chi connectivity index (χ3n) is 5.67. The van der Waals surface area contributed by atoms with Gasteiger partial charge >= 0.3 is 5.69 Å². The van der Waals surface area contributed by atoms with Crippen LogP contribution in [0.15, 0.2) is 64.2 Å². The van der Waals surface area contributed by atoms with Gasteiger partial charge in [0.1, 0.15) is 12.3 Å². The number of amides is 1. The number of anilines is 1. The van der Waals surface area contributed by atoms with Crippen LogP contribution in [0.3, 0.4) is 0 Å². The van der Waals surface area contributed by atoms with Crippen molar-refractivity contribution in [3.63, 3.8) is 0 Å². The lowest BCUT2D eigenvalue weighted by Crippen LogP contribution is -2.42. The average molecular weight is 459 g/mol. The highest BCUT2D eigenvalue weighted by atomic mass is 16.5. The van der Waals surface area contributed by atoms with E-state index in [-0.39, 0.29) is 11.0 Å². The van der Waals surface area contributed by atoms with Crippen LogP contribution in [0.5, 0.6) is 5.75 Å². The third-order valence-corrected chi connectivity index (χ3v) is 5.67. The zero-order chi connectivity index (χ0) is 24.4. The molecule has 1 N–H and O–H groups in total. The van der Waals surface area contributed by atoms with Crippen LogP contribution in [0.2, 0.25) is 0 Å². The van der Waals surface area contributed by atoms with Gasteiger partial charge in [-0.05, 0) is 61.7 Å². The molecular weight excluding hydrogens is 432 g/mol. The summed E-state index contributed by atoms with van der Waals surface area (Å²) in [5.41, 5.74) is 2.44. The molecule has 0 aliphatic heterocycles. The van der Waals surface area contributed by atoms with Crippen molar-refractivity contribution in [2.24, 2.45) is 0 Å². The minimum atomic E-state index is -0.669. The first-order valence-electron chi connectivity index (χ1n) is 11.0. The number of fused-ring (bicyclic) bond motifs is 1. The monoisotopic (exact) mass is 458 g/mol. The number of hydrogen-bond donors (Lipinski definition) is 1. The Kier molecular flexibility index (Phi) is 6.32. The molecule has 0 fully saturated rings. The lowest BCUT2D eigenvalue weighted by molar-refractivity contribution is -0.116. The molecule has 8 heteroatoms. The Hall–Kier alpha value is -4.20. The maximum atomic E-state index is 13.6. The number of pyridine rings is 1. The van der Waals surface area contributed by atoms with E-state index in [1.54, 1.807) is 50.2 Å². The summed E-state index contributed by atoms with van der Waals surface area (Å²) in [6.45, 7) is 5.17. The summed E-state index contributed by atoms with van der Waals surface area (Å²) in [6.07, 6.45) is 0.823. The second-order valence-electron chi connectivity index (χ2n) is 8.06. The Morgan fingerprint density at radius 1 is 1.06 bits per heavy atom. The van der Waals surface area contributed by atoms with Crippen molar-refractivity contribution in [2.45, 2.75) is 33.7 Å². The Bertz CT molecular complexity index is 1520. The predicted molar refractivity (Wildman–Crippen MR) is 132 cm³/mol. The number of nitrogens with zero attached hydrogens (tertiary/aromatic N) is 3. The largest absolute Gasteiger partial charge is 0.495 e. The van der Waals surface area contributed by atoms with Gasteiger partial charge in [-0.1, -0.05) is 31.2 Å². The SMILES string of the molecule is CCc1cccc(NC(=O)Cn2c(=O)c3c(C)cc(C)nc3n(-c3ccccc3OC)c2=O)c1. The molecule has 2 heterocycles. The number of carbonyl (C=O) groups is 1. The Labute approximate surface area is 196 Å². The molecule has 0 unspecified atom stereocenters. The number of rotatable bonds is 6. The number of benzene rings is 2. The van der Waals surface area contributed by atoms with E-state index in [1.807, 2.05) is 25.1 Å². The van der Waals surface area contributed by atoms with Crippen LogP contribution in [-0.2, 0) is 17.8 Å². The van der Waals surface area contributed by atoms with Crippen molar-refractivity contribution in [1.82, 2.24) is 14.1 Å². The molecule has 8 nitrogen and oxygen atoms in total. The van der Waals surface area contributed by atoms with Crippen LogP contribution in [-0.4, -0.2) is 27.1 Å². The quantitative estimate of drug-likeness (QED) is 0.478. The summed E-state index contributed by atoms with van der Waals surface area (Å²) in [5.74, 6) is -0.0333. The van der Waals surface area contributed by atoms with Gasteiger partial charge in [-0.15, -0.1) is 0 Å². The van der Waals surface area contributed by atoms with Gasteiger partial charge in [-0.3, -0.25) is 9.59 Å². The lowest BCUT2D eigenvalue weighted by atomic mass is 10.1. The standard InChI is InChI=1S/C26H26N4O4/c1-5-18-9-8-10-19(14-18)28-22(31)15-29-25(32)23-16(2)13-17(3)27-24(23)30(26(29)33)20-11-6-7-12-21(20)34-4/h6-14H,5,15H2,1-4H3,(H,28,31). The number of hydrogen-bond acceptors (Lipinski definition) is 5. The van der Waals surface area contributed by atoms with E-state index in [9.17, 15) is 14.4 Å². The molecule has 174 valence electrons. The molecule has 0 radical (unpaired) electrons. The topological polar surface area (TPSA) is 95.2 Å². The molecule has 0 aliphatic rings. The van der Waals surface area contributed by atoms with E-state index in [1.165, 1.54) is 11.7 Å². The molecule has 2 aromatic carbocycles. The van der Waals surface area contributed by atoms with E-state index >= 15 is 0 Å². The van der Waals surface area contributed by atoms with Gasteiger partial charge in [0.2, 0.25) is 5.91 Å². The van der Waals surface area contributed by atoms with E-state index in [0.29, 0.717) is 28.4 Å². The molecule has 2 aromatic heterocycles. The summed E-state index contributed by atoms with van der Waals surface area (Å²) >= 11 is 0. The number of aryl methyl sites for hydroxylation is 3. The zero-order valence-corrected chi connectivity index (χ0v) is 19.6. The molecule has 0 bridgehead atoms. The van der Waals surface area contributed by atoms with Crippen molar-refractivity contribution < 1.29 is 9.53 Å². The smallest absolute Gasteiger partial charge is 0.337 e. The summed E-state index contributed by atoms with van der Waals surface area (Å²) in [5, 5.41) is 3.06. The molecule has 0 atom stereocenters. The highest BCUT2D eigenvalue weighted by Gasteiger charge is 2.21.